The Balaban J connectivity index is 1.55. The van der Waals surface area contributed by atoms with Crippen LogP contribution in [0.3, 0.4) is 0 Å². The lowest BCUT2D eigenvalue weighted by molar-refractivity contribution is -0.135. The highest BCUT2D eigenvalue weighted by Gasteiger charge is 2.32. The summed E-state index contributed by atoms with van der Waals surface area (Å²) < 4.78 is 26.7. The fourth-order valence-corrected chi connectivity index (χ4v) is 5.26. The molecule has 0 spiro atoms. The number of carbonyl (C=O) groups is 1. The van der Waals surface area contributed by atoms with Crippen LogP contribution in [0.5, 0.6) is 0 Å². The number of carbonyl (C=O) groups excluding carboxylic acids is 1. The molecule has 1 aromatic heterocycles. The second kappa shape index (κ2) is 9.84. The van der Waals surface area contributed by atoms with Gasteiger partial charge < -0.3 is 4.90 Å². The predicted molar refractivity (Wildman–Crippen MR) is 114 cm³/mol. The maximum Gasteiger partial charge on any atom is 0.251 e. The van der Waals surface area contributed by atoms with E-state index in [1.807, 2.05) is 42.5 Å². The second-order valence-electron chi connectivity index (χ2n) is 7.17. The predicted octanol–water partition coefficient (Wildman–Crippen LogP) is 2.32. The summed E-state index contributed by atoms with van der Waals surface area (Å²) in [5.74, 6) is -0.477. The standard InChI is InChI=1S/C21H28N4O3S/c1-19(26)25(24-16-14-23(15-17-24)21-10-12-22-13-11-21)29(27,28)18-6-5-9-20-7-3-2-4-8-20/h2-4,7-8,10-13H,5-6,9,14-18H2,1H3. The molecule has 0 unspecified atom stereocenters. The average Bonchev–Trinajstić information content (AvgIpc) is 2.73. The number of anilines is 1. The molecule has 1 aliphatic rings. The van der Waals surface area contributed by atoms with Gasteiger partial charge in [-0.3, -0.25) is 9.78 Å². The molecule has 7 nitrogen and oxygen atoms in total. The lowest BCUT2D eigenvalue weighted by atomic mass is 10.1. The van der Waals surface area contributed by atoms with Crippen molar-refractivity contribution in [3.63, 3.8) is 0 Å². The molecule has 0 atom stereocenters. The fourth-order valence-electron chi connectivity index (χ4n) is 3.61. The van der Waals surface area contributed by atoms with Crippen LogP contribution in [0, 0.1) is 0 Å². The number of benzene rings is 1. The van der Waals surface area contributed by atoms with Gasteiger partial charge in [-0.1, -0.05) is 30.3 Å². The van der Waals surface area contributed by atoms with Crippen LogP contribution in [0.4, 0.5) is 5.69 Å². The molecule has 1 amide bonds. The molecule has 156 valence electrons. The van der Waals surface area contributed by atoms with Crippen molar-refractivity contribution in [3.05, 3.63) is 60.4 Å². The average molecular weight is 417 g/mol. The van der Waals surface area contributed by atoms with Crippen molar-refractivity contribution in [1.29, 1.82) is 0 Å². The Labute approximate surface area is 173 Å². The molecule has 0 bridgehead atoms. The van der Waals surface area contributed by atoms with Crippen molar-refractivity contribution < 1.29 is 13.2 Å². The molecule has 1 fully saturated rings. The highest BCUT2D eigenvalue weighted by atomic mass is 32.2. The summed E-state index contributed by atoms with van der Waals surface area (Å²) in [6, 6.07) is 13.9. The third-order valence-electron chi connectivity index (χ3n) is 5.03. The molecule has 1 aliphatic heterocycles. The van der Waals surface area contributed by atoms with Crippen LogP contribution in [0.1, 0.15) is 25.3 Å². The minimum Gasteiger partial charge on any atom is -0.369 e. The molecule has 2 aromatic rings. The van der Waals surface area contributed by atoms with Crippen LogP contribution >= 0.6 is 0 Å². The van der Waals surface area contributed by atoms with Gasteiger partial charge in [0, 0.05) is 51.2 Å². The lowest BCUT2D eigenvalue weighted by Gasteiger charge is -2.40. The van der Waals surface area contributed by atoms with Crippen molar-refractivity contribution in [2.24, 2.45) is 0 Å². The Morgan fingerprint density at radius 1 is 1.00 bits per heavy atom. The zero-order chi connectivity index (χ0) is 20.7. The maximum absolute atomic E-state index is 12.9. The summed E-state index contributed by atoms with van der Waals surface area (Å²) in [6.07, 6.45) is 5.61. The number of hydrazine groups is 1. The molecular formula is C21H28N4O3S. The quantitative estimate of drug-likeness (QED) is 0.615. The van der Waals surface area contributed by atoms with Crippen molar-refractivity contribution >= 4 is 21.6 Å². The monoisotopic (exact) mass is 416 g/mol. The van der Waals surface area contributed by atoms with Crippen LogP contribution in [-0.4, -0.2) is 60.7 Å². The zero-order valence-corrected chi connectivity index (χ0v) is 17.6. The molecule has 0 saturated carbocycles. The summed E-state index contributed by atoms with van der Waals surface area (Å²) in [4.78, 5) is 18.4. The highest BCUT2D eigenvalue weighted by Crippen LogP contribution is 2.18. The molecule has 1 saturated heterocycles. The minimum atomic E-state index is -3.68. The van der Waals surface area contributed by atoms with E-state index in [4.69, 9.17) is 0 Å². The van der Waals surface area contributed by atoms with Crippen LogP contribution in [0.15, 0.2) is 54.9 Å². The number of aromatic nitrogens is 1. The summed E-state index contributed by atoms with van der Waals surface area (Å²) in [6.45, 7) is 3.57. The first-order chi connectivity index (χ1) is 14.0. The van der Waals surface area contributed by atoms with Crippen molar-refractivity contribution in [1.82, 2.24) is 14.4 Å². The Morgan fingerprint density at radius 2 is 1.66 bits per heavy atom. The van der Waals surface area contributed by atoms with Crippen LogP contribution in [0.2, 0.25) is 0 Å². The molecule has 29 heavy (non-hydrogen) atoms. The number of sulfonamides is 1. The maximum atomic E-state index is 12.9. The number of amides is 1. The van der Waals surface area contributed by atoms with E-state index in [2.05, 4.69) is 9.88 Å². The zero-order valence-electron chi connectivity index (χ0n) is 16.8. The van der Waals surface area contributed by atoms with Crippen molar-refractivity contribution in [2.75, 3.05) is 36.8 Å². The van der Waals surface area contributed by atoms with Gasteiger partial charge in [0.15, 0.2) is 0 Å². The summed E-state index contributed by atoms with van der Waals surface area (Å²) >= 11 is 0. The van der Waals surface area contributed by atoms with E-state index in [0.29, 0.717) is 32.6 Å². The van der Waals surface area contributed by atoms with Gasteiger partial charge in [-0.25, -0.2) is 13.4 Å². The first kappa shape index (κ1) is 21.3. The van der Waals surface area contributed by atoms with E-state index in [-0.39, 0.29) is 5.75 Å². The van der Waals surface area contributed by atoms with Gasteiger partial charge in [0.1, 0.15) is 0 Å². The largest absolute Gasteiger partial charge is 0.369 e. The second-order valence-corrected chi connectivity index (χ2v) is 9.08. The number of nitrogens with zero attached hydrogens (tertiary/aromatic N) is 4. The van der Waals surface area contributed by atoms with Gasteiger partial charge in [-0.2, -0.15) is 4.41 Å². The molecule has 2 heterocycles. The Hall–Kier alpha value is -2.45. The molecule has 0 radical (unpaired) electrons. The number of aryl methyl sites for hydroxylation is 1. The Kier molecular flexibility index (Phi) is 7.22. The van der Waals surface area contributed by atoms with E-state index in [1.165, 1.54) is 12.5 Å². The van der Waals surface area contributed by atoms with Gasteiger partial charge in [0.2, 0.25) is 5.91 Å². The van der Waals surface area contributed by atoms with E-state index in [1.54, 1.807) is 17.4 Å². The van der Waals surface area contributed by atoms with Crippen LogP contribution in [-0.2, 0) is 21.2 Å². The van der Waals surface area contributed by atoms with E-state index < -0.39 is 15.9 Å². The van der Waals surface area contributed by atoms with Gasteiger partial charge in [-0.15, -0.1) is 0 Å². The number of pyridine rings is 1. The number of hydrogen-bond donors (Lipinski definition) is 0. The number of hydrogen-bond acceptors (Lipinski definition) is 6. The molecular weight excluding hydrogens is 388 g/mol. The molecule has 3 rings (SSSR count). The van der Waals surface area contributed by atoms with Crippen molar-refractivity contribution in [2.45, 2.75) is 26.2 Å². The molecule has 8 heteroatoms. The van der Waals surface area contributed by atoms with E-state index in [0.717, 1.165) is 22.9 Å². The van der Waals surface area contributed by atoms with Crippen LogP contribution in [0.25, 0.3) is 0 Å². The lowest BCUT2D eigenvalue weighted by Crippen LogP contribution is -2.57. The van der Waals surface area contributed by atoms with E-state index >= 15 is 0 Å². The topological polar surface area (TPSA) is 73.8 Å². The minimum absolute atomic E-state index is 0.0238. The van der Waals surface area contributed by atoms with Crippen molar-refractivity contribution in [3.8, 4) is 0 Å². The van der Waals surface area contributed by atoms with Gasteiger partial charge in [0.25, 0.3) is 10.0 Å². The third kappa shape index (κ3) is 5.77. The number of rotatable bonds is 8. The first-order valence-electron chi connectivity index (χ1n) is 9.95. The van der Waals surface area contributed by atoms with Gasteiger partial charge in [-0.05, 0) is 37.0 Å². The molecule has 0 N–H and O–H groups in total. The molecule has 0 aliphatic carbocycles. The van der Waals surface area contributed by atoms with Gasteiger partial charge in [0.05, 0.1) is 5.75 Å². The van der Waals surface area contributed by atoms with E-state index in [9.17, 15) is 13.2 Å². The van der Waals surface area contributed by atoms with Crippen LogP contribution < -0.4 is 4.90 Å². The molecule has 1 aromatic carbocycles. The highest BCUT2D eigenvalue weighted by molar-refractivity contribution is 7.89. The Bertz CT molecular complexity index is 883. The summed E-state index contributed by atoms with van der Waals surface area (Å²) in [7, 11) is -3.68. The number of piperazine rings is 1. The summed E-state index contributed by atoms with van der Waals surface area (Å²) in [5, 5.41) is 1.66. The number of unbranched alkanes of at least 4 members (excludes halogenated alkanes) is 1. The van der Waals surface area contributed by atoms with Gasteiger partial charge >= 0.3 is 0 Å². The first-order valence-corrected chi connectivity index (χ1v) is 11.6. The third-order valence-corrected chi connectivity index (χ3v) is 6.85. The normalized spacial score (nSPS) is 15.3. The SMILES string of the molecule is CC(=O)N(N1CCN(c2ccncc2)CC1)S(=O)(=O)CCCCc1ccccc1. The fraction of sp³-hybridized carbons (Fsp3) is 0.429. The smallest absolute Gasteiger partial charge is 0.251 e. The Morgan fingerprint density at radius 3 is 2.28 bits per heavy atom. The summed E-state index contributed by atoms with van der Waals surface area (Å²) in [5.41, 5.74) is 2.25.